The fraction of sp³-hybridized carbons (Fsp3) is 0.458. The van der Waals surface area contributed by atoms with Crippen LogP contribution in [0.3, 0.4) is 0 Å². The molecule has 3 heterocycles. The second-order valence-electron chi connectivity index (χ2n) is 8.57. The average Bonchev–Trinajstić information content (AvgIpc) is 3.22. The first-order valence-corrected chi connectivity index (χ1v) is 13.5. The van der Waals surface area contributed by atoms with Gasteiger partial charge in [-0.15, -0.1) is 11.3 Å². The van der Waals surface area contributed by atoms with E-state index in [2.05, 4.69) is 44.1 Å². The summed E-state index contributed by atoms with van der Waals surface area (Å²) in [6.07, 6.45) is 4.30. The first-order valence-electron chi connectivity index (χ1n) is 11.7. The molecule has 0 unspecified atom stereocenters. The van der Waals surface area contributed by atoms with Gasteiger partial charge in [0.1, 0.15) is 4.83 Å². The molecule has 2 aromatic heterocycles. The molecule has 7 nitrogen and oxygen atoms in total. The summed E-state index contributed by atoms with van der Waals surface area (Å²) >= 11 is 2.89. The minimum absolute atomic E-state index is 0.0855. The van der Waals surface area contributed by atoms with Crippen LogP contribution < -0.4 is 15.8 Å². The number of rotatable bonds is 6. The second kappa shape index (κ2) is 9.87. The Morgan fingerprint density at radius 2 is 1.91 bits per heavy atom. The lowest BCUT2D eigenvalue weighted by molar-refractivity contribution is -0.113. The summed E-state index contributed by atoms with van der Waals surface area (Å²) < 4.78 is 0. The molecule has 0 atom stereocenters. The number of hydrogen-bond acceptors (Lipinski definition) is 7. The Morgan fingerprint density at radius 3 is 2.67 bits per heavy atom. The van der Waals surface area contributed by atoms with Crippen LogP contribution in [0.15, 0.2) is 34.2 Å². The monoisotopic (exact) mass is 483 g/mol. The largest absolute Gasteiger partial charge is 0.369 e. The van der Waals surface area contributed by atoms with Crippen molar-refractivity contribution in [2.24, 2.45) is 0 Å². The summed E-state index contributed by atoms with van der Waals surface area (Å²) in [5, 5.41) is 4.20. The third-order valence-corrected chi connectivity index (χ3v) is 8.54. The van der Waals surface area contributed by atoms with E-state index in [9.17, 15) is 9.59 Å². The van der Waals surface area contributed by atoms with Crippen molar-refractivity contribution in [3.05, 3.63) is 45.1 Å². The number of likely N-dealkylation sites (N-methyl/N-ethyl adjacent to an activating group) is 1. The molecule has 0 radical (unpaired) electrons. The summed E-state index contributed by atoms with van der Waals surface area (Å²) in [4.78, 5) is 39.6. The average molecular weight is 484 g/mol. The molecule has 1 amide bonds. The van der Waals surface area contributed by atoms with E-state index in [-0.39, 0.29) is 17.2 Å². The highest BCUT2D eigenvalue weighted by Crippen LogP contribution is 2.34. The highest BCUT2D eigenvalue weighted by molar-refractivity contribution is 7.99. The van der Waals surface area contributed by atoms with E-state index < -0.39 is 0 Å². The number of thioether (sulfide) groups is 1. The predicted octanol–water partition coefficient (Wildman–Crippen LogP) is 3.74. The number of aromatic amines is 1. The SMILES string of the molecule is CCN1CCN(c2ccc(NC(=O)CSc3nc4sc5c(c4c(=O)[nH]3)CCCC5)cc2)CC1. The zero-order valence-corrected chi connectivity index (χ0v) is 20.5. The highest BCUT2D eigenvalue weighted by atomic mass is 32.2. The molecule has 2 N–H and O–H groups in total. The fourth-order valence-corrected chi connectivity index (χ4v) is 6.60. The number of nitrogens with zero attached hydrogens (tertiary/aromatic N) is 3. The summed E-state index contributed by atoms with van der Waals surface area (Å²) in [5.74, 6) is 0.0813. The Hall–Kier alpha value is -2.36. The summed E-state index contributed by atoms with van der Waals surface area (Å²) in [6.45, 7) is 7.53. The molecule has 1 aliphatic heterocycles. The first-order chi connectivity index (χ1) is 16.1. The summed E-state index contributed by atoms with van der Waals surface area (Å²) in [5.41, 5.74) is 3.06. The van der Waals surface area contributed by atoms with Crippen LogP contribution in [0.1, 0.15) is 30.2 Å². The van der Waals surface area contributed by atoms with Crippen molar-refractivity contribution in [2.45, 2.75) is 37.8 Å². The van der Waals surface area contributed by atoms with E-state index in [0.717, 1.165) is 67.9 Å². The maximum Gasteiger partial charge on any atom is 0.260 e. The van der Waals surface area contributed by atoms with Gasteiger partial charge in [-0.25, -0.2) is 4.98 Å². The third kappa shape index (κ3) is 4.95. The number of carbonyl (C=O) groups excluding carboxylic acids is 1. The highest BCUT2D eigenvalue weighted by Gasteiger charge is 2.20. The Kier molecular flexibility index (Phi) is 6.71. The van der Waals surface area contributed by atoms with Crippen LogP contribution in [0, 0.1) is 0 Å². The number of H-pyrrole nitrogens is 1. The number of amides is 1. The van der Waals surface area contributed by atoms with Crippen molar-refractivity contribution in [1.29, 1.82) is 0 Å². The normalized spacial score (nSPS) is 16.7. The molecule has 9 heteroatoms. The molecule has 3 aromatic rings. The lowest BCUT2D eigenvalue weighted by atomic mass is 9.97. The van der Waals surface area contributed by atoms with Gasteiger partial charge in [0.2, 0.25) is 5.91 Å². The summed E-state index contributed by atoms with van der Waals surface area (Å²) in [6, 6.07) is 8.03. The summed E-state index contributed by atoms with van der Waals surface area (Å²) in [7, 11) is 0. The van der Waals surface area contributed by atoms with Crippen molar-refractivity contribution in [1.82, 2.24) is 14.9 Å². The Bertz CT molecular complexity index is 1200. The predicted molar refractivity (Wildman–Crippen MR) is 137 cm³/mol. The number of aryl methyl sites for hydroxylation is 2. The molecule has 0 bridgehead atoms. The molecule has 0 saturated carbocycles. The van der Waals surface area contributed by atoms with E-state index in [4.69, 9.17) is 0 Å². The van der Waals surface area contributed by atoms with E-state index in [1.54, 1.807) is 11.3 Å². The molecular weight excluding hydrogens is 454 g/mol. The number of piperazine rings is 1. The first kappa shape index (κ1) is 22.4. The van der Waals surface area contributed by atoms with Crippen molar-refractivity contribution in [3.8, 4) is 0 Å². The minimum Gasteiger partial charge on any atom is -0.369 e. The van der Waals surface area contributed by atoms with Crippen LogP contribution in [-0.2, 0) is 17.6 Å². The van der Waals surface area contributed by atoms with Crippen LogP contribution in [0.2, 0.25) is 0 Å². The Balaban J connectivity index is 1.18. The number of benzene rings is 1. The molecule has 174 valence electrons. The number of anilines is 2. The van der Waals surface area contributed by atoms with Crippen LogP contribution >= 0.6 is 23.1 Å². The molecule has 1 aromatic carbocycles. The molecule has 1 fully saturated rings. The van der Waals surface area contributed by atoms with Gasteiger partial charge in [-0.05, 0) is 62.1 Å². The van der Waals surface area contributed by atoms with Gasteiger partial charge in [0.15, 0.2) is 5.16 Å². The zero-order chi connectivity index (χ0) is 22.8. The maximum atomic E-state index is 12.7. The van der Waals surface area contributed by atoms with Crippen molar-refractivity contribution >= 4 is 50.6 Å². The van der Waals surface area contributed by atoms with Gasteiger partial charge in [0.05, 0.1) is 11.1 Å². The fourth-order valence-electron chi connectivity index (χ4n) is 4.62. The van der Waals surface area contributed by atoms with Gasteiger partial charge in [-0.1, -0.05) is 18.7 Å². The number of thiophene rings is 1. The van der Waals surface area contributed by atoms with Gasteiger partial charge in [0, 0.05) is 42.4 Å². The van der Waals surface area contributed by atoms with Gasteiger partial charge in [0.25, 0.3) is 5.56 Å². The van der Waals surface area contributed by atoms with Crippen LogP contribution in [-0.4, -0.2) is 59.3 Å². The minimum atomic E-state index is -0.113. The van der Waals surface area contributed by atoms with Crippen LogP contribution in [0.5, 0.6) is 0 Å². The van der Waals surface area contributed by atoms with E-state index >= 15 is 0 Å². The van der Waals surface area contributed by atoms with Crippen molar-refractivity contribution < 1.29 is 4.79 Å². The quantitative estimate of drug-likeness (QED) is 0.411. The molecule has 2 aliphatic rings. The zero-order valence-electron chi connectivity index (χ0n) is 18.9. The molecule has 5 rings (SSSR count). The van der Waals surface area contributed by atoms with Gasteiger partial charge < -0.3 is 20.1 Å². The maximum absolute atomic E-state index is 12.7. The molecule has 1 aliphatic carbocycles. The molecule has 33 heavy (non-hydrogen) atoms. The van der Waals surface area contributed by atoms with E-state index in [0.29, 0.717) is 5.16 Å². The van der Waals surface area contributed by atoms with E-state index in [1.807, 2.05) is 12.1 Å². The van der Waals surface area contributed by atoms with Crippen LogP contribution in [0.25, 0.3) is 10.2 Å². The number of nitrogens with one attached hydrogen (secondary N) is 2. The molecular formula is C24H29N5O2S2. The lowest BCUT2D eigenvalue weighted by Crippen LogP contribution is -2.46. The van der Waals surface area contributed by atoms with Crippen molar-refractivity contribution in [2.75, 3.05) is 48.7 Å². The lowest BCUT2D eigenvalue weighted by Gasteiger charge is -2.35. The topological polar surface area (TPSA) is 81.3 Å². The molecule has 1 saturated heterocycles. The number of fused-ring (bicyclic) bond motifs is 3. The van der Waals surface area contributed by atoms with E-state index in [1.165, 1.54) is 34.3 Å². The van der Waals surface area contributed by atoms with Crippen LogP contribution in [0.4, 0.5) is 11.4 Å². The van der Waals surface area contributed by atoms with Crippen molar-refractivity contribution in [3.63, 3.8) is 0 Å². The number of hydrogen-bond donors (Lipinski definition) is 2. The smallest absolute Gasteiger partial charge is 0.260 e. The third-order valence-electron chi connectivity index (χ3n) is 6.48. The Morgan fingerprint density at radius 1 is 1.15 bits per heavy atom. The standard InChI is InChI=1S/C24H29N5O2S2/c1-2-28-11-13-29(14-12-28)17-9-7-16(8-10-17)25-20(30)15-32-24-26-22(31)21-18-5-3-4-6-19(18)33-23(21)27-24/h7-10H,2-6,11-15H2,1H3,(H,25,30)(H,26,27,31). The van der Waals surface area contributed by atoms with Gasteiger partial charge in [-0.2, -0.15) is 0 Å². The second-order valence-corrected chi connectivity index (χ2v) is 10.6. The number of carbonyl (C=O) groups is 1. The molecule has 0 spiro atoms. The van der Waals surface area contributed by atoms with Gasteiger partial charge in [-0.3, -0.25) is 9.59 Å². The number of aromatic nitrogens is 2. The van der Waals surface area contributed by atoms with Gasteiger partial charge >= 0.3 is 0 Å². The Labute approximate surface area is 201 Å².